The van der Waals surface area contributed by atoms with Gasteiger partial charge in [0.15, 0.2) is 5.13 Å². The van der Waals surface area contributed by atoms with E-state index < -0.39 is 0 Å². The van der Waals surface area contributed by atoms with Crippen LogP contribution in [0.25, 0.3) is 11.3 Å². The van der Waals surface area contributed by atoms with E-state index in [4.69, 9.17) is 0 Å². The number of amides is 2. The lowest BCUT2D eigenvalue weighted by molar-refractivity contribution is -0.119. The van der Waals surface area contributed by atoms with Crippen LogP contribution < -0.4 is 10.6 Å². The second kappa shape index (κ2) is 10.2. The van der Waals surface area contributed by atoms with E-state index >= 15 is 0 Å². The topological polar surface area (TPSA) is 71.1 Å². The first kappa shape index (κ1) is 21.1. The van der Waals surface area contributed by atoms with Crippen molar-refractivity contribution in [3.8, 4) is 11.3 Å². The number of thioether (sulfide) groups is 1. The standard InChI is InChI=1S/C22H23N3O2S2/c1-15-4-3-5-18(10-15)12-28-14-21(27)25-22-24-20(13-29-22)19-8-6-17(7-9-19)11-23-16(2)26/h3-10,13H,11-12,14H2,1-2H3,(H,23,26)(H,24,25,27). The summed E-state index contributed by atoms with van der Waals surface area (Å²) in [4.78, 5) is 27.7. The summed E-state index contributed by atoms with van der Waals surface area (Å²) in [7, 11) is 0. The molecule has 2 aromatic carbocycles. The third-order valence-electron chi connectivity index (χ3n) is 4.13. The molecule has 0 bridgehead atoms. The van der Waals surface area contributed by atoms with Crippen molar-refractivity contribution >= 4 is 40.0 Å². The van der Waals surface area contributed by atoms with Crippen LogP contribution in [0.2, 0.25) is 0 Å². The van der Waals surface area contributed by atoms with E-state index in [9.17, 15) is 9.59 Å². The Labute approximate surface area is 179 Å². The van der Waals surface area contributed by atoms with Crippen LogP contribution in [0.3, 0.4) is 0 Å². The van der Waals surface area contributed by atoms with Gasteiger partial charge in [0.1, 0.15) is 0 Å². The summed E-state index contributed by atoms with van der Waals surface area (Å²) in [5.41, 5.74) is 5.27. The van der Waals surface area contributed by atoms with Gasteiger partial charge in [-0.1, -0.05) is 54.1 Å². The number of nitrogens with one attached hydrogen (secondary N) is 2. The van der Waals surface area contributed by atoms with Gasteiger partial charge >= 0.3 is 0 Å². The maximum Gasteiger partial charge on any atom is 0.236 e. The number of carbonyl (C=O) groups is 2. The molecule has 3 aromatic rings. The summed E-state index contributed by atoms with van der Waals surface area (Å²) < 4.78 is 0. The van der Waals surface area contributed by atoms with Crippen molar-refractivity contribution in [2.75, 3.05) is 11.1 Å². The van der Waals surface area contributed by atoms with E-state index in [0.29, 0.717) is 17.4 Å². The predicted octanol–water partition coefficient (Wildman–Crippen LogP) is 4.63. The molecule has 0 aliphatic carbocycles. The molecule has 1 heterocycles. The Bertz CT molecular complexity index is 984. The molecule has 0 radical (unpaired) electrons. The Morgan fingerprint density at radius 1 is 1.10 bits per heavy atom. The lowest BCUT2D eigenvalue weighted by Crippen LogP contribution is -2.18. The van der Waals surface area contributed by atoms with E-state index in [0.717, 1.165) is 22.6 Å². The smallest absolute Gasteiger partial charge is 0.236 e. The Balaban J connectivity index is 1.49. The first-order valence-corrected chi connectivity index (χ1v) is 11.3. The van der Waals surface area contributed by atoms with Gasteiger partial charge in [-0.2, -0.15) is 0 Å². The zero-order chi connectivity index (χ0) is 20.6. The quantitative estimate of drug-likeness (QED) is 0.552. The van der Waals surface area contributed by atoms with Crippen molar-refractivity contribution in [2.24, 2.45) is 0 Å². The van der Waals surface area contributed by atoms with Gasteiger partial charge < -0.3 is 10.6 Å². The SMILES string of the molecule is CC(=O)NCc1ccc(-c2csc(NC(=O)CSCc3cccc(C)c3)n2)cc1. The second-order valence-corrected chi connectivity index (χ2v) is 8.52. The second-order valence-electron chi connectivity index (χ2n) is 6.67. The van der Waals surface area contributed by atoms with Gasteiger partial charge in [-0.05, 0) is 18.1 Å². The average Bonchev–Trinajstić information content (AvgIpc) is 3.15. The lowest BCUT2D eigenvalue weighted by atomic mass is 10.1. The number of nitrogens with zero attached hydrogens (tertiary/aromatic N) is 1. The van der Waals surface area contributed by atoms with Crippen LogP contribution in [0.1, 0.15) is 23.6 Å². The van der Waals surface area contributed by atoms with Crippen molar-refractivity contribution in [3.05, 3.63) is 70.6 Å². The number of hydrogen-bond acceptors (Lipinski definition) is 5. The minimum atomic E-state index is -0.0500. The van der Waals surface area contributed by atoms with Gasteiger partial charge in [0, 0.05) is 30.2 Å². The highest BCUT2D eigenvalue weighted by Gasteiger charge is 2.09. The molecule has 0 unspecified atom stereocenters. The molecule has 29 heavy (non-hydrogen) atoms. The number of aryl methyl sites for hydroxylation is 1. The first-order valence-electron chi connectivity index (χ1n) is 9.22. The normalized spacial score (nSPS) is 10.6. The number of hydrogen-bond donors (Lipinski definition) is 2. The minimum Gasteiger partial charge on any atom is -0.352 e. The summed E-state index contributed by atoms with van der Waals surface area (Å²) in [5, 5.41) is 8.18. The molecule has 0 atom stereocenters. The molecule has 5 nitrogen and oxygen atoms in total. The largest absolute Gasteiger partial charge is 0.352 e. The molecule has 0 fully saturated rings. The zero-order valence-corrected chi connectivity index (χ0v) is 18.0. The van der Waals surface area contributed by atoms with Gasteiger partial charge in [0.2, 0.25) is 11.8 Å². The highest BCUT2D eigenvalue weighted by atomic mass is 32.2. The monoisotopic (exact) mass is 425 g/mol. The zero-order valence-electron chi connectivity index (χ0n) is 16.4. The van der Waals surface area contributed by atoms with Crippen LogP contribution in [0, 0.1) is 6.92 Å². The highest BCUT2D eigenvalue weighted by Crippen LogP contribution is 2.25. The number of rotatable bonds is 8. The molecular weight excluding hydrogens is 402 g/mol. The highest BCUT2D eigenvalue weighted by molar-refractivity contribution is 7.99. The van der Waals surface area contributed by atoms with Crippen LogP contribution >= 0.6 is 23.1 Å². The molecule has 0 aliphatic rings. The molecule has 1 aromatic heterocycles. The molecule has 0 spiro atoms. The lowest BCUT2D eigenvalue weighted by Gasteiger charge is -2.04. The molecule has 2 amide bonds. The molecule has 0 saturated heterocycles. The minimum absolute atomic E-state index is 0.0470. The predicted molar refractivity (Wildman–Crippen MR) is 121 cm³/mol. The molecule has 0 aliphatic heterocycles. The van der Waals surface area contributed by atoms with Gasteiger partial charge in [0.05, 0.1) is 11.4 Å². The van der Waals surface area contributed by atoms with Crippen LogP contribution in [-0.4, -0.2) is 22.6 Å². The van der Waals surface area contributed by atoms with Crippen molar-refractivity contribution in [1.82, 2.24) is 10.3 Å². The fraction of sp³-hybridized carbons (Fsp3) is 0.227. The van der Waals surface area contributed by atoms with Crippen molar-refractivity contribution < 1.29 is 9.59 Å². The van der Waals surface area contributed by atoms with E-state index in [2.05, 4.69) is 40.7 Å². The summed E-state index contributed by atoms with van der Waals surface area (Å²) in [6.45, 7) is 4.08. The van der Waals surface area contributed by atoms with Crippen molar-refractivity contribution in [2.45, 2.75) is 26.1 Å². The van der Waals surface area contributed by atoms with Crippen LogP contribution in [0.5, 0.6) is 0 Å². The molecule has 150 valence electrons. The molecule has 7 heteroatoms. The third kappa shape index (κ3) is 6.73. The Morgan fingerprint density at radius 2 is 1.90 bits per heavy atom. The molecule has 3 rings (SSSR count). The summed E-state index contributed by atoms with van der Waals surface area (Å²) in [6, 6.07) is 16.2. The number of carbonyl (C=O) groups excluding carboxylic acids is 2. The van der Waals surface area contributed by atoms with Gasteiger partial charge in [-0.15, -0.1) is 23.1 Å². The van der Waals surface area contributed by atoms with Crippen molar-refractivity contribution in [3.63, 3.8) is 0 Å². The Kier molecular flexibility index (Phi) is 7.43. The first-order chi connectivity index (χ1) is 14.0. The number of thiazole rings is 1. The van der Waals surface area contributed by atoms with Gasteiger partial charge in [-0.25, -0.2) is 4.98 Å². The van der Waals surface area contributed by atoms with E-state index in [1.807, 2.05) is 35.7 Å². The molecular formula is C22H23N3O2S2. The van der Waals surface area contributed by atoms with E-state index in [1.165, 1.54) is 29.4 Å². The fourth-order valence-corrected chi connectivity index (χ4v) is 4.21. The Hall–Kier alpha value is -2.64. The maximum atomic E-state index is 12.2. The van der Waals surface area contributed by atoms with E-state index in [-0.39, 0.29) is 11.8 Å². The number of anilines is 1. The summed E-state index contributed by atoms with van der Waals surface area (Å²) >= 11 is 3.00. The summed E-state index contributed by atoms with van der Waals surface area (Å²) in [5.74, 6) is 1.10. The third-order valence-corrected chi connectivity index (χ3v) is 5.89. The molecule has 0 saturated carbocycles. The van der Waals surface area contributed by atoms with Gasteiger partial charge in [0.25, 0.3) is 0 Å². The average molecular weight is 426 g/mol. The van der Waals surface area contributed by atoms with Crippen LogP contribution in [0.4, 0.5) is 5.13 Å². The van der Waals surface area contributed by atoms with Crippen LogP contribution in [0.15, 0.2) is 53.9 Å². The van der Waals surface area contributed by atoms with Crippen molar-refractivity contribution in [1.29, 1.82) is 0 Å². The fourth-order valence-electron chi connectivity index (χ4n) is 2.70. The maximum absolute atomic E-state index is 12.2. The van der Waals surface area contributed by atoms with E-state index in [1.54, 1.807) is 11.8 Å². The Morgan fingerprint density at radius 3 is 2.62 bits per heavy atom. The van der Waals surface area contributed by atoms with Crippen LogP contribution in [-0.2, 0) is 21.9 Å². The summed E-state index contributed by atoms with van der Waals surface area (Å²) in [6.07, 6.45) is 0. The van der Waals surface area contributed by atoms with Gasteiger partial charge in [-0.3, -0.25) is 9.59 Å². The number of benzene rings is 2. The molecule has 2 N–H and O–H groups in total. The number of aromatic nitrogens is 1.